The largest absolute Gasteiger partial charge is 0.330 e. The van der Waals surface area contributed by atoms with Gasteiger partial charge in [0, 0.05) is 19.6 Å². The van der Waals surface area contributed by atoms with Gasteiger partial charge in [-0.05, 0) is 43.6 Å². The Hall–Kier alpha value is -0.170. The van der Waals surface area contributed by atoms with Gasteiger partial charge in [0.2, 0.25) is 0 Å². The zero-order valence-corrected chi connectivity index (χ0v) is 12.0. The smallest absolute Gasteiger partial charge is 0.279 e. The fourth-order valence-electron chi connectivity index (χ4n) is 2.75. The van der Waals surface area contributed by atoms with Crippen molar-refractivity contribution in [2.45, 2.75) is 39.0 Å². The van der Waals surface area contributed by atoms with E-state index < -0.39 is 10.2 Å². The lowest BCUT2D eigenvalue weighted by molar-refractivity contribution is 0.164. The van der Waals surface area contributed by atoms with Crippen LogP contribution in [0.1, 0.15) is 39.0 Å². The van der Waals surface area contributed by atoms with Crippen molar-refractivity contribution in [3.63, 3.8) is 0 Å². The van der Waals surface area contributed by atoms with Gasteiger partial charge in [0.15, 0.2) is 0 Å². The Morgan fingerprint density at radius 2 is 2.11 bits per heavy atom. The van der Waals surface area contributed by atoms with Crippen LogP contribution in [0, 0.1) is 11.3 Å². The summed E-state index contributed by atoms with van der Waals surface area (Å²) < 4.78 is 28.8. The maximum absolute atomic E-state index is 12.2. The Morgan fingerprint density at radius 1 is 1.39 bits per heavy atom. The fraction of sp³-hybridized carbons (Fsp3) is 1.00. The second-order valence-electron chi connectivity index (χ2n) is 6.09. The third-order valence-electron chi connectivity index (χ3n) is 4.40. The molecule has 1 aliphatic heterocycles. The monoisotopic (exact) mass is 275 g/mol. The summed E-state index contributed by atoms with van der Waals surface area (Å²) in [5.74, 6) is 0.314. The first kappa shape index (κ1) is 14.2. The van der Waals surface area contributed by atoms with Crippen molar-refractivity contribution >= 4 is 10.2 Å². The Labute approximate surface area is 110 Å². The molecule has 3 N–H and O–H groups in total. The zero-order chi connectivity index (χ0) is 13.2. The fourth-order valence-corrected chi connectivity index (χ4v) is 4.24. The summed E-state index contributed by atoms with van der Waals surface area (Å²) in [5, 5.41) is 0. The number of nitrogens with two attached hydrogens (primary N) is 1. The van der Waals surface area contributed by atoms with Gasteiger partial charge in [-0.1, -0.05) is 13.3 Å². The Morgan fingerprint density at radius 3 is 2.67 bits per heavy atom. The molecule has 0 bridgehead atoms. The van der Waals surface area contributed by atoms with Crippen molar-refractivity contribution in [3.05, 3.63) is 0 Å². The second kappa shape index (κ2) is 5.45. The van der Waals surface area contributed by atoms with Crippen LogP contribution >= 0.6 is 0 Å². The average Bonchev–Trinajstić information content (AvgIpc) is 2.34. The molecule has 1 unspecified atom stereocenters. The van der Waals surface area contributed by atoms with E-state index in [0.717, 1.165) is 25.7 Å². The maximum atomic E-state index is 12.2. The Bertz CT molecular complexity index is 379. The Kier molecular flexibility index (Phi) is 4.31. The minimum absolute atomic E-state index is 0.177. The van der Waals surface area contributed by atoms with E-state index in [1.807, 2.05) is 0 Å². The summed E-state index contributed by atoms with van der Waals surface area (Å²) in [6.07, 6.45) is 5.43. The van der Waals surface area contributed by atoms with Crippen molar-refractivity contribution in [1.82, 2.24) is 9.03 Å². The standard InChI is InChI=1S/C12H25N3O2S/c1-12(5-3-6-12)10-14-18(16,17)15-7-2-4-11(8-13)9-15/h11,14H,2-10,13H2,1H3. The van der Waals surface area contributed by atoms with Crippen LogP contribution in [0.4, 0.5) is 0 Å². The van der Waals surface area contributed by atoms with Crippen molar-refractivity contribution in [2.75, 3.05) is 26.2 Å². The van der Waals surface area contributed by atoms with Gasteiger partial charge in [-0.3, -0.25) is 0 Å². The van der Waals surface area contributed by atoms with Crippen LogP contribution < -0.4 is 10.5 Å². The maximum Gasteiger partial charge on any atom is 0.279 e. The minimum atomic E-state index is -3.31. The number of nitrogens with one attached hydrogen (secondary N) is 1. The van der Waals surface area contributed by atoms with E-state index in [9.17, 15) is 8.42 Å². The summed E-state index contributed by atoms with van der Waals surface area (Å²) in [7, 11) is -3.31. The Balaban J connectivity index is 1.89. The zero-order valence-electron chi connectivity index (χ0n) is 11.2. The van der Waals surface area contributed by atoms with Gasteiger partial charge >= 0.3 is 0 Å². The summed E-state index contributed by atoms with van der Waals surface area (Å²) >= 11 is 0. The topological polar surface area (TPSA) is 75.4 Å². The molecular formula is C12H25N3O2S. The van der Waals surface area contributed by atoms with Crippen molar-refractivity contribution < 1.29 is 8.42 Å². The van der Waals surface area contributed by atoms with Gasteiger partial charge in [0.05, 0.1) is 0 Å². The van der Waals surface area contributed by atoms with Crippen LogP contribution in [-0.4, -0.2) is 38.9 Å². The summed E-state index contributed by atoms with van der Waals surface area (Å²) in [6.45, 7) is 4.49. The average molecular weight is 275 g/mol. The molecule has 2 fully saturated rings. The summed E-state index contributed by atoms with van der Waals surface area (Å²) in [6, 6.07) is 0. The predicted molar refractivity (Wildman–Crippen MR) is 72.2 cm³/mol. The number of hydrogen-bond acceptors (Lipinski definition) is 3. The van der Waals surface area contributed by atoms with Crippen molar-refractivity contribution in [2.24, 2.45) is 17.1 Å². The summed E-state index contributed by atoms with van der Waals surface area (Å²) in [5.41, 5.74) is 5.82. The van der Waals surface area contributed by atoms with Crippen LogP contribution in [0.3, 0.4) is 0 Å². The molecule has 0 aromatic rings. The van der Waals surface area contributed by atoms with Crippen molar-refractivity contribution in [1.29, 1.82) is 0 Å². The molecule has 1 saturated carbocycles. The van der Waals surface area contributed by atoms with E-state index >= 15 is 0 Å². The van der Waals surface area contributed by atoms with E-state index in [-0.39, 0.29) is 5.41 Å². The van der Waals surface area contributed by atoms with Crippen LogP contribution in [0.5, 0.6) is 0 Å². The molecule has 6 heteroatoms. The minimum Gasteiger partial charge on any atom is -0.330 e. The number of piperidine rings is 1. The molecule has 1 heterocycles. The molecule has 0 aromatic heterocycles. The molecule has 5 nitrogen and oxygen atoms in total. The SMILES string of the molecule is CC1(CNS(=O)(=O)N2CCCC(CN)C2)CCC1. The first-order valence-electron chi connectivity index (χ1n) is 6.90. The lowest BCUT2D eigenvalue weighted by atomic mass is 9.71. The second-order valence-corrected chi connectivity index (χ2v) is 7.85. The molecule has 1 aliphatic carbocycles. The van der Waals surface area contributed by atoms with Gasteiger partial charge in [-0.25, -0.2) is 4.72 Å². The normalized spacial score (nSPS) is 28.9. The molecule has 2 rings (SSSR count). The van der Waals surface area contributed by atoms with Gasteiger partial charge < -0.3 is 5.73 Å². The third kappa shape index (κ3) is 3.23. The first-order chi connectivity index (χ1) is 8.45. The highest BCUT2D eigenvalue weighted by molar-refractivity contribution is 7.87. The molecule has 106 valence electrons. The molecule has 0 aromatic carbocycles. The van der Waals surface area contributed by atoms with Crippen LogP contribution in [0.25, 0.3) is 0 Å². The van der Waals surface area contributed by atoms with E-state index in [1.165, 1.54) is 6.42 Å². The van der Waals surface area contributed by atoms with E-state index in [1.54, 1.807) is 4.31 Å². The van der Waals surface area contributed by atoms with Crippen molar-refractivity contribution in [3.8, 4) is 0 Å². The molecule has 0 spiro atoms. The quantitative estimate of drug-likeness (QED) is 0.775. The third-order valence-corrected chi connectivity index (χ3v) is 5.92. The van der Waals surface area contributed by atoms with Gasteiger partial charge in [-0.15, -0.1) is 0 Å². The predicted octanol–water partition coefficient (Wildman–Crippen LogP) is 0.682. The highest BCUT2D eigenvalue weighted by atomic mass is 32.2. The molecule has 1 saturated heterocycles. The van der Waals surface area contributed by atoms with Gasteiger partial charge in [-0.2, -0.15) is 12.7 Å². The van der Waals surface area contributed by atoms with E-state index in [0.29, 0.717) is 32.1 Å². The summed E-state index contributed by atoms with van der Waals surface area (Å²) in [4.78, 5) is 0. The van der Waals surface area contributed by atoms with Gasteiger partial charge in [0.25, 0.3) is 10.2 Å². The van der Waals surface area contributed by atoms with Crippen LogP contribution in [0.15, 0.2) is 0 Å². The number of rotatable bonds is 5. The van der Waals surface area contributed by atoms with Gasteiger partial charge in [0.1, 0.15) is 0 Å². The number of hydrogen-bond donors (Lipinski definition) is 2. The van der Waals surface area contributed by atoms with Crippen LogP contribution in [-0.2, 0) is 10.2 Å². The molecular weight excluding hydrogens is 250 g/mol. The molecule has 0 amide bonds. The van der Waals surface area contributed by atoms with E-state index in [4.69, 9.17) is 5.73 Å². The lowest BCUT2D eigenvalue weighted by Crippen LogP contribution is -2.50. The van der Waals surface area contributed by atoms with Crippen LogP contribution in [0.2, 0.25) is 0 Å². The van der Waals surface area contributed by atoms with E-state index in [2.05, 4.69) is 11.6 Å². The molecule has 2 aliphatic rings. The highest BCUT2D eigenvalue weighted by Gasteiger charge is 2.35. The highest BCUT2D eigenvalue weighted by Crippen LogP contribution is 2.39. The molecule has 0 radical (unpaired) electrons. The molecule has 1 atom stereocenters. The number of nitrogens with zero attached hydrogens (tertiary/aromatic N) is 1. The first-order valence-corrected chi connectivity index (χ1v) is 8.34. The molecule has 18 heavy (non-hydrogen) atoms. The lowest BCUT2D eigenvalue weighted by Gasteiger charge is -2.39.